The summed E-state index contributed by atoms with van der Waals surface area (Å²) in [6.45, 7) is 2.18. The molecule has 0 spiro atoms. The summed E-state index contributed by atoms with van der Waals surface area (Å²) in [6, 6.07) is 6.98. The molecule has 1 aromatic carbocycles. The molecule has 1 aromatic rings. The number of nitrogens with one attached hydrogen (secondary N) is 2. The van der Waals surface area contributed by atoms with Gasteiger partial charge in [0.1, 0.15) is 0 Å². The Labute approximate surface area is 113 Å². The van der Waals surface area contributed by atoms with Crippen molar-refractivity contribution in [3.63, 3.8) is 0 Å². The van der Waals surface area contributed by atoms with Crippen molar-refractivity contribution in [2.75, 3.05) is 6.54 Å². The van der Waals surface area contributed by atoms with Crippen LogP contribution in [0.15, 0.2) is 29.2 Å². The van der Waals surface area contributed by atoms with Crippen LogP contribution in [0.4, 0.5) is 0 Å². The Morgan fingerprint density at radius 3 is 2.47 bits per heavy atom. The fourth-order valence-corrected chi connectivity index (χ4v) is 3.25. The zero-order chi connectivity index (χ0) is 13.9. The average Bonchev–Trinajstić information content (AvgIpc) is 2.38. The Morgan fingerprint density at radius 1 is 1.26 bits per heavy atom. The molecule has 0 bridgehead atoms. The highest BCUT2D eigenvalue weighted by Gasteiger charge is 2.18. The molecule has 1 aliphatic rings. The first-order chi connectivity index (χ1) is 8.99. The lowest BCUT2D eigenvalue weighted by Gasteiger charge is -2.23. The fourth-order valence-electron chi connectivity index (χ4n) is 2.26. The van der Waals surface area contributed by atoms with Gasteiger partial charge in [0.15, 0.2) is 0 Å². The van der Waals surface area contributed by atoms with Crippen LogP contribution in [0.1, 0.15) is 37.8 Å². The van der Waals surface area contributed by atoms with Crippen molar-refractivity contribution in [3.8, 4) is 0 Å². The molecular formula is C13H18N2O3S. The van der Waals surface area contributed by atoms with Crippen LogP contribution in [0.25, 0.3) is 0 Å². The van der Waals surface area contributed by atoms with Gasteiger partial charge >= 0.3 is 0 Å². The van der Waals surface area contributed by atoms with Gasteiger partial charge in [-0.25, -0.2) is 13.1 Å². The molecule has 0 aliphatic carbocycles. The minimum Gasteiger partial charge on any atom is -0.310 e. The third kappa shape index (κ3) is 3.54. The van der Waals surface area contributed by atoms with Gasteiger partial charge in [-0.2, -0.15) is 0 Å². The molecule has 1 amide bonds. The molecule has 1 heterocycles. The number of hydrogen-bond acceptors (Lipinski definition) is 4. The van der Waals surface area contributed by atoms with E-state index in [-0.39, 0.29) is 4.90 Å². The lowest BCUT2D eigenvalue weighted by Crippen LogP contribution is -2.28. The van der Waals surface area contributed by atoms with Gasteiger partial charge in [0.25, 0.3) is 10.0 Å². The zero-order valence-corrected chi connectivity index (χ0v) is 11.7. The lowest BCUT2D eigenvalue weighted by molar-refractivity contribution is -0.117. The molecule has 5 nitrogen and oxygen atoms in total. The van der Waals surface area contributed by atoms with Crippen molar-refractivity contribution < 1.29 is 13.2 Å². The molecule has 19 heavy (non-hydrogen) atoms. The van der Waals surface area contributed by atoms with E-state index in [2.05, 4.69) is 5.32 Å². The third-order valence-corrected chi connectivity index (χ3v) is 4.63. The summed E-state index contributed by atoms with van der Waals surface area (Å²) in [4.78, 5) is 11.0. The van der Waals surface area contributed by atoms with E-state index in [1.807, 2.05) is 4.72 Å². The second-order valence-corrected chi connectivity index (χ2v) is 6.42. The maximum absolute atomic E-state index is 11.8. The van der Waals surface area contributed by atoms with Crippen molar-refractivity contribution in [2.45, 2.75) is 37.1 Å². The fraction of sp³-hybridized carbons (Fsp3) is 0.462. The maximum Gasteiger partial charge on any atom is 0.264 e. The molecule has 6 heteroatoms. The Balaban J connectivity index is 2.16. The Morgan fingerprint density at radius 2 is 1.95 bits per heavy atom. The van der Waals surface area contributed by atoms with Crippen molar-refractivity contribution in [1.29, 1.82) is 0 Å². The predicted molar refractivity (Wildman–Crippen MR) is 72.0 cm³/mol. The summed E-state index contributed by atoms with van der Waals surface area (Å²) in [5, 5.41) is 3.41. The van der Waals surface area contributed by atoms with Gasteiger partial charge in [0.05, 0.1) is 4.90 Å². The van der Waals surface area contributed by atoms with Crippen molar-refractivity contribution in [2.24, 2.45) is 0 Å². The summed E-state index contributed by atoms with van der Waals surface area (Å²) < 4.78 is 25.5. The van der Waals surface area contributed by atoms with E-state index in [1.165, 1.54) is 31.9 Å². The van der Waals surface area contributed by atoms with Crippen LogP contribution in [0.2, 0.25) is 0 Å². The van der Waals surface area contributed by atoms with Crippen LogP contribution in [0, 0.1) is 0 Å². The number of piperidine rings is 1. The Hall–Kier alpha value is -1.40. The summed E-state index contributed by atoms with van der Waals surface area (Å²) >= 11 is 0. The normalized spacial score (nSPS) is 19.9. The van der Waals surface area contributed by atoms with Gasteiger partial charge in [-0.15, -0.1) is 0 Å². The van der Waals surface area contributed by atoms with Gasteiger partial charge in [-0.1, -0.05) is 18.6 Å². The number of hydrogen-bond donors (Lipinski definition) is 2. The molecule has 0 radical (unpaired) electrons. The van der Waals surface area contributed by atoms with E-state index in [1.54, 1.807) is 12.1 Å². The molecule has 0 aromatic heterocycles. The molecule has 2 N–H and O–H groups in total. The summed E-state index contributed by atoms with van der Waals surface area (Å²) in [7, 11) is -3.73. The van der Waals surface area contributed by atoms with Crippen LogP contribution in [-0.4, -0.2) is 20.9 Å². The van der Waals surface area contributed by atoms with E-state index in [0.29, 0.717) is 6.04 Å². The molecule has 1 aliphatic heterocycles. The van der Waals surface area contributed by atoms with Gasteiger partial charge in [0.2, 0.25) is 5.91 Å². The minimum absolute atomic E-state index is 0.113. The van der Waals surface area contributed by atoms with Crippen LogP contribution in [-0.2, 0) is 14.8 Å². The zero-order valence-electron chi connectivity index (χ0n) is 10.8. The highest BCUT2D eigenvalue weighted by Crippen LogP contribution is 2.23. The SMILES string of the molecule is CC(=O)NS(=O)(=O)c1ccc(C2CCCCN2)cc1. The molecule has 2 rings (SSSR count). The highest BCUT2D eigenvalue weighted by molar-refractivity contribution is 7.90. The Bertz CT molecular complexity index is 546. The number of sulfonamides is 1. The van der Waals surface area contributed by atoms with Gasteiger partial charge in [0, 0.05) is 13.0 Å². The third-order valence-electron chi connectivity index (χ3n) is 3.18. The number of amides is 1. The first-order valence-corrected chi connectivity index (χ1v) is 7.84. The smallest absolute Gasteiger partial charge is 0.264 e. The van der Waals surface area contributed by atoms with Gasteiger partial charge < -0.3 is 5.32 Å². The largest absolute Gasteiger partial charge is 0.310 e. The molecule has 1 unspecified atom stereocenters. The highest BCUT2D eigenvalue weighted by atomic mass is 32.2. The van der Waals surface area contributed by atoms with E-state index < -0.39 is 15.9 Å². The number of benzene rings is 1. The van der Waals surface area contributed by atoms with E-state index in [4.69, 9.17) is 0 Å². The van der Waals surface area contributed by atoms with Crippen molar-refractivity contribution in [3.05, 3.63) is 29.8 Å². The summed E-state index contributed by atoms with van der Waals surface area (Å²) in [6.07, 6.45) is 3.44. The van der Waals surface area contributed by atoms with Crippen molar-refractivity contribution in [1.82, 2.24) is 10.0 Å². The number of rotatable bonds is 3. The second-order valence-electron chi connectivity index (χ2n) is 4.73. The van der Waals surface area contributed by atoms with Crippen LogP contribution in [0.3, 0.4) is 0 Å². The quantitative estimate of drug-likeness (QED) is 0.877. The summed E-state index contributed by atoms with van der Waals surface area (Å²) in [5.41, 5.74) is 1.08. The number of carbonyl (C=O) groups is 1. The first-order valence-electron chi connectivity index (χ1n) is 6.36. The van der Waals surface area contributed by atoms with E-state index in [9.17, 15) is 13.2 Å². The van der Waals surface area contributed by atoms with E-state index >= 15 is 0 Å². The van der Waals surface area contributed by atoms with Gasteiger partial charge in [-0.3, -0.25) is 4.79 Å². The molecule has 1 fully saturated rings. The maximum atomic E-state index is 11.8. The molecule has 0 saturated carbocycles. The average molecular weight is 282 g/mol. The number of carbonyl (C=O) groups excluding carboxylic acids is 1. The second kappa shape index (κ2) is 5.71. The van der Waals surface area contributed by atoms with Crippen LogP contribution in [0.5, 0.6) is 0 Å². The van der Waals surface area contributed by atoms with E-state index in [0.717, 1.165) is 18.5 Å². The molecule has 1 saturated heterocycles. The molecular weight excluding hydrogens is 264 g/mol. The van der Waals surface area contributed by atoms with Gasteiger partial charge in [-0.05, 0) is 37.1 Å². The minimum atomic E-state index is -3.73. The molecule has 104 valence electrons. The predicted octanol–water partition coefficient (Wildman–Crippen LogP) is 1.33. The lowest BCUT2D eigenvalue weighted by atomic mass is 9.98. The van der Waals surface area contributed by atoms with Crippen molar-refractivity contribution >= 4 is 15.9 Å². The van der Waals surface area contributed by atoms with Crippen LogP contribution < -0.4 is 10.0 Å². The monoisotopic (exact) mass is 282 g/mol. The standard InChI is InChI=1S/C13H18N2O3S/c1-10(16)15-19(17,18)12-7-5-11(6-8-12)13-4-2-3-9-14-13/h5-8,13-14H,2-4,9H2,1H3,(H,15,16). The topological polar surface area (TPSA) is 75.3 Å². The Kier molecular flexibility index (Phi) is 4.21. The molecule has 1 atom stereocenters. The van der Waals surface area contributed by atoms with Crippen LogP contribution >= 0.6 is 0 Å². The summed E-state index contributed by atoms with van der Waals surface area (Å²) in [5.74, 6) is -0.585. The first kappa shape index (κ1) is 14.0.